The lowest BCUT2D eigenvalue weighted by Gasteiger charge is -2.11. The van der Waals surface area contributed by atoms with Gasteiger partial charge in [0, 0.05) is 32.0 Å². The second kappa shape index (κ2) is 5.34. The highest BCUT2D eigenvalue weighted by molar-refractivity contribution is 8.15. The summed E-state index contributed by atoms with van der Waals surface area (Å²) in [6.07, 6.45) is 0. The third-order valence-electron chi connectivity index (χ3n) is 1.96. The molecule has 0 saturated heterocycles. The van der Waals surface area contributed by atoms with Gasteiger partial charge in [0.2, 0.25) is 0 Å². The number of nitrogens with two attached hydrogens (primary N) is 1. The fourth-order valence-electron chi connectivity index (χ4n) is 1.22. The minimum absolute atomic E-state index is 0.438. The van der Waals surface area contributed by atoms with Crippen molar-refractivity contribution in [1.82, 2.24) is 0 Å². The summed E-state index contributed by atoms with van der Waals surface area (Å²) >= 11 is 5.56. The molecule has 0 radical (unpaired) electrons. The van der Waals surface area contributed by atoms with Crippen molar-refractivity contribution in [2.45, 2.75) is 14.7 Å². The molecule has 0 atom stereocenters. The monoisotopic (exact) mass is 421 g/mol. The minimum atomic E-state index is -4.66. The summed E-state index contributed by atoms with van der Waals surface area (Å²) in [4.78, 5) is -3.11. The van der Waals surface area contributed by atoms with Gasteiger partial charge in [-0.25, -0.2) is 25.3 Å². The van der Waals surface area contributed by atoms with Crippen molar-refractivity contribution in [3.8, 4) is 0 Å². The van der Waals surface area contributed by atoms with Crippen LogP contribution in [0.15, 0.2) is 20.8 Å². The average Bonchev–Trinajstić information content (AvgIpc) is 2.10. The quantitative estimate of drug-likeness (QED) is 0.579. The molecule has 0 fully saturated rings. The molecule has 0 amide bonds. The Labute approximate surface area is 132 Å². The lowest BCUT2D eigenvalue weighted by molar-refractivity contribution is 0.606. The van der Waals surface area contributed by atoms with E-state index in [-0.39, 0.29) is 0 Å². The van der Waals surface area contributed by atoms with Crippen LogP contribution in [0.25, 0.3) is 0 Å². The summed E-state index contributed by atoms with van der Waals surface area (Å²) in [6, 6.07) is 0.438. The number of nitrogen functional groups attached to an aromatic ring is 1. The van der Waals surface area contributed by atoms with Crippen LogP contribution in [-0.2, 0) is 27.2 Å². The van der Waals surface area contributed by atoms with Crippen LogP contribution in [0.1, 0.15) is 0 Å². The van der Waals surface area contributed by atoms with E-state index in [0.717, 1.165) is 0 Å². The molecule has 114 valence electrons. The summed E-state index contributed by atoms with van der Waals surface area (Å²) in [7, 11) is 1.30. The third kappa shape index (κ3) is 3.62. The van der Waals surface area contributed by atoms with Crippen molar-refractivity contribution in [2.24, 2.45) is 0 Å². The molecule has 7 nitrogen and oxygen atoms in total. The van der Waals surface area contributed by atoms with Gasteiger partial charge in [-0.3, -0.25) is 0 Å². The van der Waals surface area contributed by atoms with E-state index in [2.05, 4.69) is 0 Å². The zero-order valence-electron chi connectivity index (χ0n) is 8.84. The second-order valence-corrected chi connectivity index (χ2v) is 11.2. The van der Waals surface area contributed by atoms with Crippen LogP contribution in [0, 0.1) is 0 Å². The van der Waals surface area contributed by atoms with Crippen LogP contribution >= 0.6 is 43.6 Å². The van der Waals surface area contributed by atoms with Gasteiger partial charge >= 0.3 is 0 Å². The molecule has 1 aromatic rings. The number of hydrogen-bond donors (Lipinski definition) is 1. The van der Waals surface area contributed by atoms with Crippen LogP contribution in [0.5, 0.6) is 0 Å². The molecule has 1 rings (SSSR count). The lowest BCUT2D eigenvalue weighted by atomic mass is 10.3. The van der Waals surface area contributed by atoms with E-state index in [0.29, 0.717) is 6.07 Å². The van der Waals surface area contributed by atoms with Gasteiger partial charge in [0.1, 0.15) is 14.7 Å². The van der Waals surface area contributed by atoms with Crippen molar-refractivity contribution >= 4 is 76.5 Å². The molecule has 0 aliphatic rings. The zero-order chi connectivity index (χ0) is 16.1. The largest absolute Gasteiger partial charge is 0.396 e. The van der Waals surface area contributed by atoms with Crippen molar-refractivity contribution in [1.29, 1.82) is 0 Å². The molecule has 1 aromatic carbocycles. The summed E-state index contributed by atoms with van der Waals surface area (Å²) in [5.74, 6) is 0. The Morgan fingerprint density at radius 3 is 1.50 bits per heavy atom. The fraction of sp³-hybridized carbons (Fsp3) is 0. The molecule has 0 aliphatic carbocycles. The molecule has 2 N–H and O–H groups in total. The van der Waals surface area contributed by atoms with Crippen LogP contribution in [0.3, 0.4) is 0 Å². The Hall–Kier alpha value is 0.0300. The average molecular weight is 423 g/mol. The van der Waals surface area contributed by atoms with Crippen molar-refractivity contribution in [3.05, 3.63) is 11.1 Å². The Kier molecular flexibility index (Phi) is 4.83. The maximum Gasteiger partial charge on any atom is 0.264 e. The number of benzene rings is 1. The van der Waals surface area contributed by atoms with E-state index in [4.69, 9.17) is 49.4 Å². The number of hydrogen-bond acceptors (Lipinski definition) is 7. The summed E-state index contributed by atoms with van der Waals surface area (Å²) in [6.45, 7) is 0. The molecule has 0 aromatic heterocycles. The molecule has 20 heavy (non-hydrogen) atoms. The fourth-order valence-corrected chi connectivity index (χ4v) is 5.55. The lowest BCUT2D eigenvalue weighted by Crippen LogP contribution is -2.09. The minimum Gasteiger partial charge on any atom is -0.396 e. The summed E-state index contributed by atoms with van der Waals surface area (Å²) in [5.41, 5.74) is 4.41. The van der Waals surface area contributed by atoms with E-state index in [1.165, 1.54) is 0 Å². The third-order valence-corrected chi connectivity index (χ3v) is 6.66. The van der Waals surface area contributed by atoms with Crippen molar-refractivity contribution in [2.75, 3.05) is 5.73 Å². The van der Waals surface area contributed by atoms with Crippen LogP contribution < -0.4 is 5.73 Å². The number of anilines is 1. The Balaban J connectivity index is 4.18. The SMILES string of the molecule is Nc1c(S(=O)(=O)Cl)cc(S(=O)(=O)Cl)c(Cl)c1S(=O)(=O)Cl. The van der Waals surface area contributed by atoms with Gasteiger partial charge in [-0.2, -0.15) is 0 Å². The maximum atomic E-state index is 11.4. The summed E-state index contributed by atoms with van der Waals surface area (Å²) < 4.78 is 67.9. The summed E-state index contributed by atoms with van der Waals surface area (Å²) in [5, 5.41) is -0.934. The standard InChI is InChI=1S/C6H3Cl4NO6S3/c7-4-2(18(8,12)13)1-3(19(9,14)15)5(11)6(4)20(10,16)17/h1H,11H2. The molecular formula is C6H3Cl4NO6S3. The van der Waals surface area contributed by atoms with Crippen molar-refractivity contribution < 1.29 is 25.3 Å². The Morgan fingerprint density at radius 1 is 0.800 bits per heavy atom. The topological polar surface area (TPSA) is 128 Å². The maximum absolute atomic E-state index is 11.4. The first kappa shape index (κ1) is 18.1. The van der Waals surface area contributed by atoms with E-state index >= 15 is 0 Å². The van der Waals surface area contributed by atoms with E-state index in [1.807, 2.05) is 0 Å². The van der Waals surface area contributed by atoms with Crippen LogP contribution in [0.2, 0.25) is 5.02 Å². The van der Waals surface area contributed by atoms with E-state index in [1.54, 1.807) is 0 Å². The van der Waals surface area contributed by atoms with Crippen molar-refractivity contribution in [3.63, 3.8) is 0 Å². The second-order valence-electron chi connectivity index (χ2n) is 3.24. The molecule has 14 heteroatoms. The van der Waals surface area contributed by atoms with Gasteiger partial charge in [0.05, 0.1) is 10.7 Å². The highest BCUT2D eigenvalue weighted by Gasteiger charge is 2.32. The number of halogens is 4. The van der Waals surface area contributed by atoms with Gasteiger partial charge in [0.25, 0.3) is 27.2 Å². The molecule has 0 heterocycles. The zero-order valence-corrected chi connectivity index (χ0v) is 14.3. The normalized spacial score (nSPS) is 13.4. The molecule has 0 aliphatic heterocycles. The Bertz CT molecular complexity index is 833. The highest BCUT2D eigenvalue weighted by atomic mass is 35.7. The predicted octanol–water partition coefficient (Wildman–Crippen LogP) is 1.70. The highest BCUT2D eigenvalue weighted by Crippen LogP contribution is 2.41. The van der Waals surface area contributed by atoms with E-state index < -0.39 is 52.5 Å². The first-order valence-corrected chi connectivity index (χ1v) is 11.4. The molecule has 0 unspecified atom stereocenters. The van der Waals surface area contributed by atoms with Crippen LogP contribution in [0.4, 0.5) is 5.69 Å². The first-order chi connectivity index (χ1) is 8.67. The Morgan fingerprint density at radius 2 is 1.20 bits per heavy atom. The van der Waals surface area contributed by atoms with Gasteiger partial charge in [-0.15, -0.1) is 0 Å². The molecule has 0 spiro atoms. The van der Waals surface area contributed by atoms with Gasteiger partial charge < -0.3 is 5.73 Å². The predicted molar refractivity (Wildman–Crippen MR) is 75.0 cm³/mol. The molecule has 0 bridgehead atoms. The smallest absolute Gasteiger partial charge is 0.264 e. The van der Waals surface area contributed by atoms with Gasteiger partial charge in [-0.1, -0.05) is 11.6 Å². The first-order valence-electron chi connectivity index (χ1n) is 4.13. The molecular weight excluding hydrogens is 420 g/mol. The van der Waals surface area contributed by atoms with Gasteiger partial charge in [0.15, 0.2) is 0 Å². The van der Waals surface area contributed by atoms with Gasteiger partial charge in [-0.05, 0) is 6.07 Å². The number of rotatable bonds is 3. The van der Waals surface area contributed by atoms with E-state index in [9.17, 15) is 25.3 Å². The van der Waals surface area contributed by atoms with Crippen LogP contribution in [-0.4, -0.2) is 25.3 Å². The molecule has 0 saturated carbocycles.